The minimum Gasteiger partial charge on any atom is -0.497 e. The number of nitrogens with one attached hydrogen (secondary N) is 2. The standard InChI is InChI=1S/C32H29N3O8S/c1-39-20-10-12-24(26(16-20)41-3)30(36)33-19-7-5-9-23(15-19)44-29-28(34-25-13-11-21(40-2)17-27(25)42-4)31(37)35(32(29)38)18-22-8-6-14-43-22/h5-17,34H,18H2,1-4H3,(H,33,36). The number of carbonyl (C=O) groups excluding carboxylic acids is 3. The minimum absolute atomic E-state index is 0.0422. The molecular weight excluding hydrogens is 586 g/mol. The van der Waals surface area contributed by atoms with E-state index in [9.17, 15) is 14.4 Å². The summed E-state index contributed by atoms with van der Waals surface area (Å²) in [6.07, 6.45) is 1.48. The van der Waals surface area contributed by atoms with Crippen molar-refractivity contribution in [2.24, 2.45) is 0 Å². The van der Waals surface area contributed by atoms with Gasteiger partial charge in [0, 0.05) is 22.7 Å². The number of rotatable bonds is 12. The number of furan rings is 1. The predicted octanol–water partition coefficient (Wildman–Crippen LogP) is 5.55. The molecule has 12 heteroatoms. The molecule has 11 nitrogen and oxygen atoms in total. The Morgan fingerprint density at radius 1 is 0.818 bits per heavy atom. The van der Waals surface area contributed by atoms with Gasteiger partial charge in [-0.2, -0.15) is 0 Å². The Balaban J connectivity index is 1.44. The lowest BCUT2D eigenvalue weighted by Crippen LogP contribution is -2.31. The van der Waals surface area contributed by atoms with Gasteiger partial charge in [0.2, 0.25) is 0 Å². The van der Waals surface area contributed by atoms with Crippen LogP contribution in [0.15, 0.2) is 99.0 Å². The van der Waals surface area contributed by atoms with Crippen LogP contribution in [0, 0.1) is 0 Å². The molecule has 1 aromatic heterocycles. The molecule has 226 valence electrons. The summed E-state index contributed by atoms with van der Waals surface area (Å²) in [7, 11) is 6.03. The zero-order valence-electron chi connectivity index (χ0n) is 24.3. The molecule has 0 unspecified atom stereocenters. The van der Waals surface area contributed by atoms with Crippen molar-refractivity contribution in [1.29, 1.82) is 0 Å². The number of hydrogen-bond acceptors (Lipinski definition) is 10. The van der Waals surface area contributed by atoms with Gasteiger partial charge in [0.05, 0.1) is 52.5 Å². The van der Waals surface area contributed by atoms with Crippen LogP contribution in [0.1, 0.15) is 16.1 Å². The molecule has 0 spiro atoms. The van der Waals surface area contributed by atoms with Crippen LogP contribution in [-0.2, 0) is 16.1 Å². The van der Waals surface area contributed by atoms with E-state index in [4.69, 9.17) is 23.4 Å². The average Bonchev–Trinajstić information content (AvgIpc) is 3.64. The second-order valence-corrected chi connectivity index (χ2v) is 10.4. The number of nitrogens with zero attached hydrogens (tertiary/aromatic N) is 1. The maximum absolute atomic E-state index is 13.7. The highest BCUT2D eigenvalue weighted by Crippen LogP contribution is 2.39. The monoisotopic (exact) mass is 615 g/mol. The molecule has 3 amide bonds. The molecule has 5 rings (SSSR count). The first-order valence-corrected chi connectivity index (χ1v) is 14.1. The summed E-state index contributed by atoms with van der Waals surface area (Å²) in [5.41, 5.74) is 1.34. The van der Waals surface area contributed by atoms with Crippen LogP contribution in [0.2, 0.25) is 0 Å². The predicted molar refractivity (Wildman–Crippen MR) is 164 cm³/mol. The lowest BCUT2D eigenvalue weighted by atomic mass is 10.1. The van der Waals surface area contributed by atoms with Gasteiger partial charge >= 0.3 is 0 Å². The average molecular weight is 616 g/mol. The van der Waals surface area contributed by atoms with Crippen LogP contribution < -0.4 is 29.6 Å². The topological polar surface area (TPSA) is 129 Å². The lowest BCUT2D eigenvalue weighted by Gasteiger charge is -2.15. The van der Waals surface area contributed by atoms with Gasteiger partial charge in [-0.3, -0.25) is 19.3 Å². The molecule has 4 aromatic rings. The second kappa shape index (κ2) is 13.3. The number of imide groups is 1. The summed E-state index contributed by atoms with van der Waals surface area (Å²) < 4.78 is 26.7. The normalized spacial score (nSPS) is 12.8. The Kier molecular flexibility index (Phi) is 9.10. The van der Waals surface area contributed by atoms with E-state index in [1.54, 1.807) is 72.8 Å². The number of amides is 3. The van der Waals surface area contributed by atoms with E-state index in [1.807, 2.05) is 0 Å². The van der Waals surface area contributed by atoms with Gasteiger partial charge in [-0.05, 0) is 54.6 Å². The number of anilines is 2. The van der Waals surface area contributed by atoms with E-state index in [-0.39, 0.29) is 17.1 Å². The third kappa shape index (κ3) is 6.35. The Morgan fingerprint density at radius 2 is 1.55 bits per heavy atom. The molecule has 2 heterocycles. The van der Waals surface area contributed by atoms with Gasteiger partial charge in [-0.25, -0.2) is 0 Å². The van der Waals surface area contributed by atoms with Crippen molar-refractivity contribution in [1.82, 2.24) is 4.90 Å². The molecule has 1 aliphatic rings. The molecule has 0 radical (unpaired) electrons. The van der Waals surface area contributed by atoms with E-state index in [2.05, 4.69) is 10.6 Å². The van der Waals surface area contributed by atoms with Crippen molar-refractivity contribution in [3.05, 3.63) is 101 Å². The number of benzene rings is 3. The highest BCUT2D eigenvalue weighted by Gasteiger charge is 2.40. The molecule has 0 aliphatic carbocycles. The fourth-order valence-corrected chi connectivity index (χ4v) is 5.44. The van der Waals surface area contributed by atoms with Crippen LogP contribution in [0.25, 0.3) is 0 Å². The van der Waals surface area contributed by atoms with Crippen molar-refractivity contribution >= 4 is 40.9 Å². The molecule has 3 aromatic carbocycles. The smallest absolute Gasteiger partial charge is 0.278 e. The molecule has 2 N–H and O–H groups in total. The van der Waals surface area contributed by atoms with E-state index < -0.39 is 17.7 Å². The largest absolute Gasteiger partial charge is 0.497 e. The number of thioether (sulfide) groups is 1. The second-order valence-electron chi connectivity index (χ2n) is 9.32. The maximum Gasteiger partial charge on any atom is 0.278 e. The van der Waals surface area contributed by atoms with Gasteiger partial charge in [-0.1, -0.05) is 17.8 Å². The highest BCUT2D eigenvalue weighted by atomic mass is 32.2. The Morgan fingerprint density at radius 3 is 2.23 bits per heavy atom. The van der Waals surface area contributed by atoms with Crippen molar-refractivity contribution in [3.8, 4) is 23.0 Å². The molecule has 0 bridgehead atoms. The Bertz CT molecular complexity index is 1740. The highest BCUT2D eigenvalue weighted by molar-refractivity contribution is 8.04. The number of methoxy groups -OCH3 is 4. The van der Waals surface area contributed by atoms with Gasteiger partial charge in [-0.15, -0.1) is 0 Å². The summed E-state index contributed by atoms with van der Waals surface area (Å²) in [6.45, 7) is -0.0422. The summed E-state index contributed by atoms with van der Waals surface area (Å²) in [6, 6.07) is 20.3. The minimum atomic E-state index is -0.525. The van der Waals surface area contributed by atoms with E-state index in [0.29, 0.717) is 50.6 Å². The quantitative estimate of drug-likeness (QED) is 0.196. The summed E-state index contributed by atoms with van der Waals surface area (Å²) in [5.74, 6) is 0.939. The van der Waals surface area contributed by atoms with Crippen LogP contribution in [0.4, 0.5) is 11.4 Å². The molecule has 1 aliphatic heterocycles. The molecular formula is C32H29N3O8S. The van der Waals surface area contributed by atoms with Crippen molar-refractivity contribution in [3.63, 3.8) is 0 Å². The summed E-state index contributed by atoms with van der Waals surface area (Å²) >= 11 is 1.09. The zero-order valence-corrected chi connectivity index (χ0v) is 25.2. The van der Waals surface area contributed by atoms with Crippen LogP contribution in [0.5, 0.6) is 23.0 Å². The zero-order chi connectivity index (χ0) is 31.2. The van der Waals surface area contributed by atoms with Crippen molar-refractivity contribution in [2.75, 3.05) is 39.1 Å². The first-order valence-electron chi connectivity index (χ1n) is 13.3. The van der Waals surface area contributed by atoms with E-state index in [0.717, 1.165) is 16.7 Å². The first kappa shape index (κ1) is 30.1. The maximum atomic E-state index is 13.7. The third-order valence-corrected chi connectivity index (χ3v) is 7.73. The van der Waals surface area contributed by atoms with E-state index >= 15 is 0 Å². The Labute approximate surface area is 257 Å². The molecule has 0 saturated heterocycles. The summed E-state index contributed by atoms with van der Waals surface area (Å²) in [5, 5.41) is 5.97. The Hall–Kier alpha value is -5.36. The van der Waals surface area contributed by atoms with Gasteiger partial charge < -0.3 is 34.0 Å². The molecule has 0 fully saturated rings. The van der Waals surface area contributed by atoms with Crippen LogP contribution in [0.3, 0.4) is 0 Å². The number of carbonyl (C=O) groups is 3. The van der Waals surface area contributed by atoms with Crippen molar-refractivity contribution in [2.45, 2.75) is 11.4 Å². The van der Waals surface area contributed by atoms with Crippen LogP contribution >= 0.6 is 11.8 Å². The van der Waals surface area contributed by atoms with E-state index in [1.165, 1.54) is 34.7 Å². The number of hydrogen-bond donors (Lipinski definition) is 2. The van der Waals surface area contributed by atoms with Crippen molar-refractivity contribution < 1.29 is 37.7 Å². The molecule has 44 heavy (non-hydrogen) atoms. The first-order chi connectivity index (χ1) is 21.3. The van der Waals surface area contributed by atoms with Gasteiger partial charge in [0.25, 0.3) is 17.7 Å². The molecule has 0 saturated carbocycles. The van der Waals surface area contributed by atoms with Gasteiger partial charge in [0.1, 0.15) is 39.4 Å². The third-order valence-electron chi connectivity index (χ3n) is 6.65. The molecule has 0 atom stereocenters. The summed E-state index contributed by atoms with van der Waals surface area (Å²) in [4.78, 5) is 42.3. The van der Waals surface area contributed by atoms with Gasteiger partial charge in [0.15, 0.2) is 0 Å². The van der Waals surface area contributed by atoms with Crippen LogP contribution in [-0.4, -0.2) is 51.1 Å². The number of ether oxygens (including phenoxy) is 4. The SMILES string of the molecule is COc1ccc(NC2=C(Sc3cccc(NC(=O)c4ccc(OC)cc4OC)c3)C(=O)N(Cc3ccco3)C2=O)c(OC)c1. The fourth-order valence-electron chi connectivity index (χ4n) is 4.44. The lowest BCUT2D eigenvalue weighted by molar-refractivity contribution is -0.138. The fraction of sp³-hybridized carbons (Fsp3) is 0.156.